The number of rotatable bonds is 5. The van der Waals surface area contributed by atoms with Gasteiger partial charge in [-0.05, 0) is 38.1 Å². The first-order valence-corrected chi connectivity index (χ1v) is 11.7. The van der Waals surface area contributed by atoms with Crippen LogP contribution in [0.3, 0.4) is 0 Å². The van der Waals surface area contributed by atoms with Crippen LogP contribution < -0.4 is 4.90 Å². The van der Waals surface area contributed by atoms with Gasteiger partial charge in [0.2, 0.25) is 10.0 Å². The zero-order chi connectivity index (χ0) is 21.6. The van der Waals surface area contributed by atoms with Gasteiger partial charge in [-0.25, -0.2) is 13.1 Å². The minimum Gasteiger partial charge on any atom is -0.376 e. The summed E-state index contributed by atoms with van der Waals surface area (Å²) in [6, 6.07) is 15.6. The van der Waals surface area contributed by atoms with Gasteiger partial charge >= 0.3 is 0 Å². The van der Waals surface area contributed by atoms with Gasteiger partial charge in [-0.2, -0.15) is 9.40 Å². The predicted octanol–water partition coefficient (Wildman–Crippen LogP) is 4.31. The molecule has 4 rings (SSSR count). The first-order valence-electron chi connectivity index (χ1n) is 9.82. The number of anilines is 1. The summed E-state index contributed by atoms with van der Waals surface area (Å²) in [5.41, 5.74) is 5.55. The Morgan fingerprint density at radius 3 is 2.33 bits per heavy atom. The van der Waals surface area contributed by atoms with Crippen molar-refractivity contribution in [1.82, 2.24) is 14.1 Å². The second-order valence-electron chi connectivity index (χ2n) is 7.94. The maximum Gasteiger partial charge on any atom is 0.217 e. The molecule has 0 N–H and O–H groups in total. The molecule has 1 aromatic heterocycles. The number of para-hydroxylation sites is 2. The second-order valence-corrected chi connectivity index (χ2v) is 10.9. The van der Waals surface area contributed by atoms with Crippen LogP contribution in [0, 0.1) is 0 Å². The lowest BCUT2D eigenvalue weighted by Crippen LogP contribution is -2.32. The van der Waals surface area contributed by atoms with Crippen LogP contribution >= 0.6 is 11.6 Å². The molecule has 0 radical (unpaired) electrons. The third kappa shape index (κ3) is 3.51. The average Bonchev–Trinajstić information content (AvgIpc) is 3.27. The van der Waals surface area contributed by atoms with E-state index in [1.807, 2.05) is 72.2 Å². The number of fused-ring (bicyclic) bond motifs is 1. The van der Waals surface area contributed by atoms with E-state index in [1.54, 1.807) is 13.8 Å². The molecule has 2 aromatic carbocycles. The predicted molar refractivity (Wildman–Crippen MR) is 122 cm³/mol. The monoisotopic (exact) mass is 444 g/mol. The summed E-state index contributed by atoms with van der Waals surface area (Å²) in [7, 11) is 0.626. The maximum atomic E-state index is 12.8. The molecule has 0 unspecified atom stereocenters. The Morgan fingerprint density at radius 1 is 1.03 bits per heavy atom. The molecule has 0 spiro atoms. The summed E-state index contributed by atoms with van der Waals surface area (Å²) in [5, 5.41) is 5.06. The van der Waals surface area contributed by atoms with Crippen molar-refractivity contribution >= 4 is 27.3 Å². The Balaban J connectivity index is 1.90. The van der Waals surface area contributed by atoms with Gasteiger partial charge in [-0.15, -0.1) is 0 Å². The van der Waals surface area contributed by atoms with Crippen LogP contribution in [0.4, 0.5) is 5.69 Å². The number of benzene rings is 2. The molecule has 0 saturated heterocycles. The molecule has 0 bridgehead atoms. The highest BCUT2D eigenvalue weighted by atomic mass is 35.5. The third-order valence-electron chi connectivity index (χ3n) is 5.39. The van der Waals surface area contributed by atoms with Crippen LogP contribution in [0.15, 0.2) is 48.5 Å². The van der Waals surface area contributed by atoms with Gasteiger partial charge in [0.1, 0.15) is 0 Å². The molecule has 1 aliphatic heterocycles. The van der Waals surface area contributed by atoms with Crippen molar-refractivity contribution in [3.05, 3.63) is 64.8 Å². The Morgan fingerprint density at radius 2 is 1.70 bits per heavy atom. The number of hydrogen-bond donors (Lipinski definition) is 0. The molecular weight excluding hydrogens is 420 g/mol. The summed E-state index contributed by atoms with van der Waals surface area (Å²) in [5.74, 6) is 0. The van der Waals surface area contributed by atoms with Gasteiger partial charge in [-0.1, -0.05) is 35.9 Å². The SMILES string of the molecule is CC(C)S(=O)(=O)N1Cc2nn(-c3ccccc3N(C)C)c(-c3ccc(Cl)cc3)c2C1. The van der Waals surface area contributed by atoms with Crippen LogP contribution in [0.1, 0.15) is 25.1 Å². The maximum absolute atomic E-state index is 12.8. The molecular formula is C22H25ClN4O2S. The fourth-order valence-electron chi connectivity index (χ4n) is 3.77. The lowest BCUT2D eigenvalue weighted by molar-refractivity contribution is 0.420. The fraction of sp³-hybridized carbons (Fsp3) is 0.318. The highest BCUT2D eigenvalue weighted by molar-refractivity contribution is 7.89. The van der Waals surface area contributed by atoms with Gasteiger partial charge in [0.25, 0.3) is 0 Å². The van der Waals surface area contributed by atoms with Gasteiger partial charge in [0.05, 0.1) is 34.6 Å². The first-order chi connectivity index (χ1) is 14.2. The van der Waals surface area contributed by atoms with Gasteiger partial charge in [0, 0.05) is 36.8 Å². The number of halogens is 1. The van der Waals surface area contributed by atoms with Crippen molar-refractivity contribution in [3.63, 3.8) is 0 Å². The van der Waals surface area contributed by atoms with Gasteiger partial charge in [0.15, 0.2) is 0 Å². The summed E-state index contributed by atoms with van der Waals surface area (Å²) >= 11 is 6.12. The van der Waals surface area contributed by atoms with Crippen molar-refractivity contribution < 1.29 is 8.42 Å². The molecule has 0 saturated carbocycles. The zero-order valence-corrected chi connectivity index (χ0v) is 19.1. The van der Waals surface area contributed by atoms with E-state index in [4.69, 9.17) is 16.7 Å². The molecule has 0 aliphatic carbocycles. The first kappa shape index (κ1) is 20.9. The largest absolute Gasteiger partial charge is 0.376 e. The zero-order valence-electron chi connectivity index (χ0n) is 17.5. The third-order valence-corrected chi connectivity index (χ3v) is 7.81. The molecule has 8 heteroatoms. The minimum absolute atomic E-state index is 0.285. The molecule has 1 aliphatic rings. The van der Waals surface area contributed by atoms with Crippen molar-refractivity contribution in [2.45, 2.75) is 32.2 Å². The molecule has 6 nitrogen and oxygen atoms in total. The average molecular weight is 445 g/mol. The van der Waals surface area contributed by atoms with E-state index in [0.29, 0.717) is 11.6 Å². The summed E-state index contributed by atoms with van der Waals surface area (Å²) < 4.78 is 29.0. The Kier molecular flexibility index (Phi) is 5.38. The van der Waals surface area contributed by atoms with Gasteiger partial charge in [-0.3, -0.25) is 0 Å². The van der Waals surface area contributed by atoms with E-state index in [0.717, 1.165) is 33.9 Å². The molecule has 0 amide bonds. The van der Waals surface area contributed by atoms with Crippen LogP contribution in [0.2, 0.25) is 5.02 Å². The van der Waals surface area contributed by atoms with E-state index < -0.39 is 15.3 Å². The fourth-order valence-corrected chi connectivity index (χ4v) is 5.10. The van der Waals surface area contributed by atoms with E-state index in [2.05, 4.69) is 0 Å². The Bertz CT molecular complexity index is 1180. The molecule has 2 heterocycles. The van der Waals surface area contributed by atoms with Crippen molar-refractivity contribution in [3.8, 4) is 16.9 Å². The van der Waals surface area contributed by atoms with Crippen molar-refractivity contribution in [2.24, 2.45) is 0 Å². The molecule has 3 aromatic rings. The summed E-state index contributed by atoms with van der Waals surface area (Å²) in [6.45, 7) is 4.02. The van der Waals surface area contributed by atoms with Crippen molar-refractivity contribution in [2.75, 3.05) is 19.0 Å². The Labute approximate surface area is 182 Å². The molecule has 30 heavy (non-hydrogen) atoms. The van der Waals surface area contributed by atoms with E-state index >= 15 is 0 Å². The normalized spacial score (nSPS) is 14.3. The lowest BCUT2D eigenvalue weighted by Gasteiger charge is -2.21. The highest BCUT2D eigenvalue weighted by Gasteiger charge is 2.36. The number of hydrogen-bond acceptors (Lipinski definition) is 4. The smallest absolute Gasteiger partial charge is 0.217 e. The number of nitrogens with zero attached hydrogens (tertiary/aromatic N) is 4. The molecule has 0 fully saturated rings. The second kappa shape index (κ2) is 7.72. The van der Waals surface area contributed by atoms with Gasteiger partial charge < -0.3 is 4.90 Å². The summed E-state index contributed by atoms with van der Waals surface area (Å²) in [6.07, 6.45) is 0. The standard InChI is InChI=1S/C22H25ClN4O2S/c1-15(2)30(28,29)26-13-18-19(14-26)24-27(21-8-6-5-7-20(21)25(3)4)22(18)16-9-11-17(23)12-10-16/h5-12,15H,13-14H2,1-4H3. The van der Waals surface area contributed by atoms with E-state index in [1.165, 1.54) is 4.31 Å². The van der Waals surface area contributed by atoms with E-state index in [-0.39, 0.29) is 6.54 Å². The summed E-state index contributed by atoms with van der Waals surface area (Å²) in [4.78, 5) is 2.04. The Hall–Kier alpha value is -2.35. The van der Waals surface area contributed by atoms with Crippen molar-refractivity contribution in [1.29, 1.82) is 0 Å². The lowest BCUT2D eigenvalue weighted by atomic mass is 10.1. The molecule has 0 atom stereocenters. The quantitative estimate of drug-likeness (QED) is 0.588. The highest BCUT2D eigenvalue weighted by Crippen LogP contribution is 2.38. The molecule has 158 valence electrons. The number of aromatic nitrogens is 2. The topological polar surface area (TPSA) is 58.4 Å². The van der Waals surface area contributed by atoms with Crippen LogP contribution in [-0.4, -0.2) is 41.8 Å². The number of sulfonamides is 1. The van der Waals surface area contributed by atoms with Crippen LogP contribution in [-0.2, 0) is 23.1 Å². The van der Waals surface area contributed by atoms with Crippen LogP contribution in [0.25, 0.3) is 16.9 Å². The minimum atomic E-state index is -3.36. The van der Waals surface area contributed by atoms with E-state index in [9.17, 15) is 8.42 Å². The van der Waals surface area contributed by atoms with Crippen LogP contribution in [0.5, 0.6) is 0 Å².